The molecule has 0 aliphatic carbocycles. The number of methoxy groups -OCH3 is 1. The number of amides is 1. The highest BCUT2D eigenvalue weighted by atomic mass is 32.1. The SMILES string of the molecule is C=CC(=O)N1CCn2nc(-c3nc(-c4cnc(N(C)C)nc4)c4ccsc4c3-c3c(F)cc(F)cc3OCCOC)cc2[C@H]1C. The minimum Gasteiger partial charge on any atom is -0.490 e. The maximum absolute atomic E-state index is 16.0. The van der Waals surface area contributed by atoms with Gasteiger partial charge in [-0.15, -0.1) is 11.3 Å². The molecular weight excluding hydrogens is 600 g/mol. The van der Waals surface area contributed by atoms with Crippen LogP contribution in [0.1, 0.15) is 18.7 Å². The van der Waals surface area contributed by atoms with E-state index in [-0.39, 0.29) is 36.5 Å². The highest BCUT2D eigenvalue weighted by molar-refractivity contribution is 7.18. The van der Waals surface area contributed by atoms with Crippen molar-refractivity contribution in [2.24, 2.45) is 0 Å². The Morgan fingerprint density at radius 1 is 1.13 bits per heavy atom. The third-order valence-electron chi connectivity index (χ3n) is 7.69. The van der Waals surface area contributed by atoms with Crippen LogP contribution in [0, 0.1) is 11.6 Å². The number of hydrogen-bond acceptors (Lipinski definition) is 9. The van der Waals surface area contributed by atoms with Crippen LogP contribution in [0.4, 0.5) is 14.7 Å². The van der Waals surface area contributed by atoms with E-state index in [0.29, 0.717) is 51.9 Å². The van der Waals surface area contributed by atoms with Crippen LogP contribution in [0.15, 0.2) is 54.7 Å². The van der Waals surface area contributed by atoms with Crippen molar-refractivity contribution in [2.75, 3.05) is 45.9 Å². The van der Waals surface area contributed by atoms with Crippen LogP contribution < -0.4 is 9.64 Å². The quantitative estimate of drug-likeness (QED) is 0.150. The number of anilines is 1. The maximum Gasteiger partial charge on any atom is 0.246 e. The normalized spacial score (nSPS) is 14.4. The third kappa shape index (κ3) is 5.53. The zero-order chi connectivity index (χ0) is 31.8. The Hall–Kier alpha value is -4.75. The summed E-state index contributed by atoms with van der Waals surface area (Å²) < 4.78 is 44.1. The average molecular weight is 632 g/mol. The number of thiophene rings is 1. The summed E-state index contributed by atoms with van der Waals surface area (Å²) in [6.45, 7) is 6.78. The Morgan fingerprint density at radius 2 is 1.91 bits per heavy atom. The Balaban J connectivity index is 1.62. The van der Waals surface area contributed by atoms with Crippen molar-refractivity contribution in [2.45, 2.75) is 19.5 Å². The highest BCUT2D eigenvalue weighted by Gasteiger charge is 2.31. The maximum atomic E-state index is 16.0. The molecule has 5 heterocycles. The first-order valence-corrected chi connectivity index (χ1v) is 15.1. The molecule has 0 unspecified atom stereocenters. The molecule has 0 fully saturated rings. The monoisotopic (exact) mass is 631 g/mol. The number of aromatic nitrogens is 5. The number of carbonyl (C=O) groups excluding carboxylic acids is 1. The first kappa shape index (κ1) is 30.3. The molecule has 4 aromatic heterocycles. The molecule has 0 saturated heterocycles. The fourth-order valence-corrected chi connectivity index (χ4v) is 6.46. The van der Waals surface area contributed by atoms with E-state index in [1.54, 1.807) is 22.2 Å². The number of benzene rings is 1. The zero-order valence-electron chi connectivity index (χ0n) is 25.3. The molecule has 232 valence electrons. The Morgan fingerprint density at radius 3 is 2.62 bits per heavy atom. The van der Waals surface area contributed by atoms with Crippen LogP contribution >= 0.6 is 11.3 Å². The lowest BCUT2D eigenvalue weighted by molar-refractivity contribution is -0.129. The van der Waals surface area contributed by atoms with E-state index in [0.717, 1.165) is 23.2 Å². The second-order valence-electron chi connectivity index (χ2n) is 10.7. The molecule has 1 aliphatic heterocycles. The number of ether oxygens (including phenoxy) is 2. The average Bonchev–Trinajstić information content (AvgIpc) is 3.69. The van der Waals surface area contributed by atoms with E-state index in [9.17, 15) is 9.18 Å². The van der Waals surface area contributed by atoms with Crippen LogP contribution in [-0.4, -0.2) is 76.5 Å². The smallest absolute Gasteiger partial charge is 0.246 e. The summed E-state index contributed by atoms with van der Waals surface area (Å²) in [5, 5.41) is 7.53. The van der Waals surface area contributed by atoms with Crippen molar-refractivity contribution < 1.29 is 23.0 Å². The predicted octanol–water partition coefficient (Wildman–Crippen LogP) is 5.74. The van der Waals surface area contributed by atoms with Crippen LogP contribution in [0.5, 0.6) is 5.75 Å². The Labute approximate surface area is 262 Å². The topological polar surface area (TPSA) is 98.5 Å². The van der Waals surface area contributed by atoms with E-state index in [1.165, 1.54) is 24.5 Å². The second-order valence-corrected chi connectivity index (χ2v) is 11.6. The fraction of sp³-hybridized carbons (Fsp3) is 0.281. The van der Waals surface area contributed by atoms with Crippen LogP contribution in [0.25, 0.3) is 43.9 Å². The van der Waals surface area contributed by atoms with E-state index in [1.807, 2.05) is 43.2 Å². The van der Waals surface area contributed by atoms with Crippen LogP contribution in [-0.2, 0) is 16.1 Å². The highest BCUT2D eigenvalue weighted by Crippen LogP contribution is 2.47. The van der Waals surface area contributed by atoms with Crippen molar-refractivity contribution in [1.29, 1.82) is 0 Å². The molecule has 10 nitrogen and oxygen atoms in total. The van der Waals surface area contributed by atoms with Gasteiger partial charge < -0.3 is 19.3 Å². The summed E-state index contributed by atoms with van der Waals surface area (Å²) in [4.78, 5) is 30.1. The van der Waals surface area contributed by atoms with Crippen molar-refractivity contribution in [1.82, 2.24) is 29.6 Å². The third-order valence-corrected chi connectivity index (χ3v) is 8.62. The van der Waals surface area contributed by atoms with Crippen molar-refractivity contribution >= 4 is 33.3 Å². The molecule has 0 spiro atoms. The van der Waals surface area contributed by atoms with Gasteiger partial charge in [-0.3, -0.25) is 9.48 Å². The van der Waals surface area contributed by atoms with Gasteiger partial charge in [0.15, 0.2) is 0 Å². The summed E-state index contributed by atoms with van der Waals surface area (Å²) in [7, 11) is 5.23. The Bertz CT molecular complexity index is 1910. The molecule has 1 atom stereocenters. The van der Waals surface area contributed by atoms with Crippen molar-refractivity contribution in [3.8, 4) is 39.5 Å². The van der Waals surface area contributed by atoms with Crippen molar-refractivity contribution in [3.05, 3.63) is 72.0 Å². The van der Waals surface area contributed by atoms with Gasteiger partial charge in [0.25, 0.3) is 0 Å². The van der Waals surface area contributed by atoms with Gasteiger partial charge in [-0.2, -0.15) is 5.10 Å². The molecule has 1 amide bonds. The lowest BCUT2D eigenvalue weighted by Gasteiger charge is -2.33. The van der Waals surface area contributed by atoms with Gasteiger partial charge in [0, 0.05) is 73.5 Å². The number of hydrogen-bond donors (Lipinski definition) is 0. The number of pyridine rings is 1. The molecule has 0 radical (unpaired) electrons. The Kier molecular flexibility index (Phi) is 8.30. The van der Waals surface area contributed by atoms with E-state index in [2.05, 4.69) is 16.5 Å². The number of rotatable bonds is 9. The van der Waals surface area contributed by atoms with Gasteiger partial charge in [-0.05, 0) is 30.5 Å². The van der Waals surface area contributed by atoms with Gasteiger partial charge in [0.2, 0.25) is 11.9 Å². The molecule has 5 aromatic rings. The molecule has 1 aromatic carbocycles. The molecule has 0 N–H and O–H groups in total. The predicted molar refractivity (Wildman–Crippen MR) is 169 cm³/mol. The van der Waals surface area contributed by atoms with Gasteiger partial charge >= 0.3 is 0 Å². The lowest BCUT2D eigenvalue weighted by Crippen LogP contribution is -2.40. The molecule has 13 heteroatoms. The molecular formula is C32H31F2N7O3S. The minimum atomic E-state index is -0.799. The standard InChI is InChI=1S/C32H31F2N7O3S/c1-6-26(42)40-8-9-41-24(18(40)2)15-23(38-41)30-28(27-22(34)13-20(33)14-25(27)44-11-10-43-5)31-21(7-12-45-31)29(37-30)19-16-35-32(36-17-19)39(3)4/h6-7,12-18H,1,8-11H2,2-5H3/t18-/m1/s1. The minimum absolute atomic E-state index is 0.0221. The summed E-state index contributed by atoms with van der Waals surface area (Å²) >= 11 is 1.40. The van der Waals surface area contributed by atoms with Gasteiger partial charge in [0.1, 0.15) is 35.4 Å². The van der Waals surface area contributed by atoms with Gasteiger partial charge in [0.05, 0.1) is 36.1 Å². The van der Waals surface area contributed by atoms with Crippen molar-refractivity contribution in [3.63, 3.8) is 0 Å². The molecule has 6 rings (SSSR count). The summed E-state index contributed by atoms with van der Waals surface area (Å²) in [6.07, 6.45) is 4.69. The first-order chi connectivity index (χ1) is 21.7. The fourth-order valence-electron chi connectivity index (χ4n) is 5.51. The molecule has 1 aliphatic rings. The largest absolute Gasteiger partial charge is 0.490 e. The first-order valence-electron chi connectivity index (χ1n) is 14.2. The molecule has 45 heavy (non-hydrogen) atoms. The molecule has 0 bridgehead atoms. The van der Waals surface area contributed by atoms with Gasteiger partial charge in [-0.25, -0.2) is 23.7 Å². The summed E-state index contributed by atoms with van der Waals surface area (Å²) in [6, 6.07) is 5.48. The second kappa shape index (κ2) is 12.3. The summed E-state index contributed by atoms with van der Waals surface area (Å²) in [5.41, 5.74) is 3.36. The summed E-state index contributed by atoms with van der Waals surface area (Å²) in [5.74, 6) is -1.18. The van der Waals surface area contributed by atoms with Gasteiger partial charge in [-0.1, -0.05) is 6.58 Å². The van der Waals surface area contributed by atoms with Crippen LogP contribution in [0.2, 0.25) is 0 Å². The zero-order valence-corrected chi connectivity index (χ0v) is 26.1. The lowest BCUT2D eigenvalue weighted by atomic mass is 9.96. The van der Waals surface area contributed by atoms with Crippen LogP contribution in [0.3, 0.4) is 0 Å². The van der Waals surface area contributed by atoms with E-state index in [4.69, 9.17) is 19.6 Å². The number of fused-ring (bicyclic) bond motifs is 2. The number of halogens is 2. The number of nitrogens with zero attached hydrogens (tertiary/aromatic N) is 7. The number of carbonyl (C=O) groups is 1. The molecule has 0 saturated carbocycles. The van der Waals surface area contributed by atoms with E-state index < -0.39 is 11.6 Å². The van der Waals surface area contributed by atoms with E-state index >= 15 is 4.39 Å².